The highest BCUT2D eigenvalue weighted by atomic mass is 15.0. The van der Waals surface area contributed by atoms with Gasteiger partial charge in [0.25, 0.3) is 0 Å². The van der Waals surface area contributed by atoms with Gasteiger partial charge in [-0.1, -0.05) is 18.2 Å². The number of nitrogens with zero attached hydrogens (tertiary/aromatic N) is 2. The van der Waals surface area contributed by atoms with E-state index in [0.29, 0.717) is 12.5 Å². The summed E-state index contributed by atoms with van der Waals surface area (Å²) < 4.78 is 0. The molecule has 94 valence electrons. The Hall–Kier alpha value is -2.34. The molecule has 0 saturated heterocycles. The minimum Gasteiger partial charge on any atom is -0.377 e. The number of benzene rings is 1. The molecule has 19 heavy (non-hydrogen) atoms. The third-order valence-electron chi connectivity index (χ3n) is 3.54. The number of hydrogen-bond acceptors (Lipinski definition) is 3. The topological polar surface area (TPSA) is 48.7 Å². The average molecular weight is 249 g/mol. The lowest BCUT2D eigenvalue weighted by molar-refractivity contribution is 0.746. The quantitative estimate of drug-likeness (QED) is 0.908. The van der Waals surface area contributed by atoms with Crippen LogP contribution in [-0.2, 0) is 12.8 Å². The zero-order valence-electron chi connectivity index (χ0n) is 10.6. The molecule has 1 aliphatic rings. The van der Waals surface area contributed by atoms with E-state index in [1.807, 2.05) is 36.5 Å². The van der Waals surface area contributed by atoms with Crippen molar-refractivity contribution in [1.29, 1.82) is 5.26 Å². The van der Waals surface area contributed by atoms with Gasteiger partial charge < -0.3 is 5.32 Å². The van der Waals surface area contributed by atoms with Gasteiger partial charge in [-0.05, 0) is 42.2 Å². The van der Waals surface area contributed by atoms with Crippen LogP contribution in [0.15, 0.2) is 42.6 Å². The van der Waals surface area contributed by atoms with Gasteiger partial charge in [-0.15, -0.1) is 0 Å². The summed E-state index contributed by atoms with van der Waals surface area (Å²) in [6, 6.07) is 14.7. The number of hydrogen-bond donors (Lipinski definition) is 1. The van der Waals surface area contributed by atoms with Crippen LogP contribution in [0.1, 0.15) is 29.3 Å². The van der Waals surface area contributed by atoms with Crippen LogP contribution in [-0.4, -0.2) is 4.98 Å². The molecule has 1 heterocycles. The highest BCUT2D eigenvalue weighted by Crippen LogP contribution is 2.31. The van der Waals surface area contributed by atoms with Gasteiger partial charge in [-0.3, -0.25) is 4.98 Å². The molecule has 0 bridgehead atoms. The number of aryl methyl sites for hydroxylation is 1. The predicted molar refractivity (Wildman–Crippen MR) is 74.7 cm³/mol. The first kappa shape index (κ1) is 11.7. The summed E-state index contributed by atoms with van der Waals surface area (Å²) in [6.07, 6.45) is 4.50. The molecule has 0 fully saturated rings. The van der Waals surface area contributed by atoms with Gasteiger partial charge in [0, 0.05) is 11.9 Å². The van der Waals surface area contributed by atoms with Crippen LogP contribution in [0.2, 0.25) is 0 Å². The summed E-state index contributed by atoms with van der Waals surface area (Å²) in [5.74, 6) is 0. The van der Waals surface area contributed by atoms with E-state index in [4.69, 9.17) is 5.26 Å². The lowest BCUT2D eigenvalue weighted by Gasteiger charge is -2.14. The normalized spacial score (nSPS) is 16.7. The first-order chi connectivity index (χ1) is 9.36. The molecular formula is C16H15N3. The van der Waals surface area contributed by atoms with Gasteiger partial charge in [-0.25, -0.2) is 0 Å². The summed E-state index contributed by atoms with van der Waals surface area (Å²) in [6.45, 7) is 0. The van der Waals surface area contributed by atoms with Gasteiger partial charge in [0.1, 0.15) is 0 Å². The third kappa shape index (κ3) is 2.43. The molecule has 0 spiro atoms. The lowest BCUT2D eigenvalue weighted by atomic mass is 10.1. The van der Waals surface area contributed by atoms with Crippen molar-refractivity contribution >= 4 is 5.69 Å². The van der Waals surface area contributed by atoms with E-state index in [1.165, 1.54) is 11.3 Å². The van der Waals surface area contributed by atoms with Crippen molar-refractivity contribution in [2.24, 2.45) is 0 Å². The fourth-order valence-electron chi connectivity index (χ4n) is 2.56. The van der Waals surface area contributed by atoms with E-state index >= 15 is 0 Å². The Labute approximate surface area is 112 Å². The number of anilines is 1. The van der Waals surface area contributed by atoms with Crippen LogP contribution in [0.5, 0.6) is 0 Å². The van der Waals surface area contributed by atoms with Crippen LogP contribution in [0.3, 0.4) is 0 Å². The van der Waals surface area contributed by atoms with Gasteiger partial charge in [0.15, 0.2) is 0 Å². The number of fused-ring (bicyclic) bond motifs is 1. The van der Waals surface area contributed by atoms with Crippen LogP contribution in [0.4, 0.5) is 5.69 Å². The molecule has 0 amide bonds. The number of nitrogens with one attached hydrogen (secondary N) is 1. The van der Waals surface area contributed by atoms with Crippen LogP contribution >= 0.6 is 0 Å². The largest absolute Gasteiger partial charge is 0.377 e. The maximum atomic E-state index is 8.65. The Morgan fingerprint density at radius 1 is 1.26 bits per heavy atom. The van der Waals surface area contributed by atoms with Crippen molar-refractivity contribution in [3.05, 3.63) is 59.4 Å². The summed E-state index contributed by atoms with van der Waals surface area (Å²) in [7, 11) is 0. The average Bonchev–Trinajstić information content (AvgIpc) is 2.85. The maximum Gasteiger partial charge on any atom is 0.0691 e. The molecule has 2 aromatic rings. The van der Waals surface area contributed by atoms with Crippen molar-refractivity contribution in [2.45, 2.75) is 25.3 Å². The van der Waals surface area contributed by atoms with Crippen LogP contribution in [0.25, 0.3) is 0 Å². The molecule has 0 radical (unpaired) electrons. The highest BCUT2D eigenvalue weighted by Gasteiger charge is 2.22. The molecular weight excluding hydrogens is 234 g/mol. The van der Waals surface area contributed by atoms with E-state index < -0.39 is 0 Å². The number of nitriles is 1. The van der Waals surface area contributed by atoms with Gasteiger partial charge in [0.05, 0.1) is 24.2 Å². The predicted octanol–water partition coefficient (Wildman–Crippen LogP) is 3.25. The number of aromatic nitrogens is 1. The van der Waals surface area contributed by atoms with Crippen molar-refractivity contribution < 1.29 is 0 Å². The number of rotatable bonds is 3. The lowest BCUT2D eigenvalue weighted by Crippen LogP contribution is -2.08. The van der Waals surface area contributed by atoms with E-state index in [2.05, 4.69) is 22.4 Å². The molecule has 0 saturated carbocycles. The molecule has 1 atom stereocenters. The fraction of sp³-hybridized carbons (Fsp3) is 0.250. The Kier molecular flexibility index (Phi) is 3.16. The van der Waals surface area contributed by atoms with Gasteiger partial charge in [-0.2, -0.15) is 5.26 Å². The van der Waals surface area contributed by atoms with Crippen molar-refractivity contribution in [2.75, 3.05) is 5.32 Å². The van der Waals surface area contributed by atoms with Crippen molar-refractivity contribution in [1.82, 2.24) is 4.98 Å². The molecule has 1 aromatic heterocycles. The Morgan fingerprint density at radius 2 is 2.11 bits per heavy atom. The van der Waals surface area contributed by atoms with Crippen LogP contribution < -0.4 is 5.32 Å². The van der Waals surface area contributed by atoms with Gasteiger partial charge >= 0.3 is 0 Å². The van der Waals surface area contributed by atoms with Crippen molar-refractivity contribution in [3.63, 3.8) is 0 Å². The molecule has 3 rings (SSSR count). The maximum absolute atomic E-state index is 8.65. The first-order valence-corrected chi connectivity index (χ1v) is 6.53. The SMILES string of the molecule is N#CCc1ccc(NC2CCc3cccnc32)cc1. The van der Waals surface area contributed by atoms with E-state index in [0.717, 1.165) is 24.1 Å². The summed E-state index contributed by atoms with van der Waals surface area (Å²) in [4.78, 5) is 4.48. The zero-order chi connectivity index (χ0) is 13.1. The smallest absolute Gasteiger partial charge is 0.0691 e. The number of pyridine rings is 1. The Balaban J connectivity index is 1.74. The Morgan fingerprint density at radius 3 is 2.89 bits per heavy atom. The minimum atomic E-state index is 0.304. The molecule has 3 nitrogen and oxygen atoms in total. The first-order valence-electron chi connectivity index (χ1n) is 6.53. The van der Waals surface area contributed by atoms with E-state index in [-0.39, 0.29) is 0 Å². The standard InChI is InChI=1S/C16H15N3/c17-10-9-12-3-6-14(7-4-12)19-15-8-5-13-2-1-11-18-16(13)15/h1-4,6-7,11,15,19H,5,8-9H2. The Bertz CT molecular complexity index is 611. The molecule has 0 aliphatic heterocycles. The second-order valence-corrected chi connectivity index (χ2v) is 4.82. The second kappa shape index (κ2) is 5.11. The zero-order valence-corrected chi connectivity index (χ0v) is 10.6. The van der Waals surface area contributed by atoms with Crippen molar-refractivity contribution in [3.8, 4) is 6.07 Å². The van der Waals surface area contributed by atoms with Crippen LogP contribution in [0, 0.1) is 11.3 Å². The molecule has 1 N–H and O–H groups in total. The third-order valence-corrected chi connectivity index (χ3v) is 3.54. The summed E-state index contributed by atoms with van der Waals surface area (Å²) >= 11 is 0. The second-order valence-electron chi connectivity index (χ2n) is 4.82. The molecule has 1 aromatic carbocycles. The molecule has 3 heteroatoms. The molecule has 1 aliphatic carbocycles. The van der Waals surface area contributed by atoms with E-state index in [1.54, 1.807) is 0 Å². The fourth-order valence-corrected chi connectivity index (χ4v) is 2.56. The van der Waals surface area contributed by atoms with E-state index in [9.17, 15) is 0 Å². The highest BCUT2D eigenvalue weighted by molar-refractivity contribution is 5.48. The minimum absolute atomic E-state index is 0.304. The van der Waals surface area contributed by atoms with Gasteiger partial charge in [0.2, 0.25) is 0 Å². The summed E-state index contributed by atoms with van der Waals surface area (Å²) in [5.41, 5.74) is 4.66. The molecule has 1 unspecified atom stereocenters. The monoisotopic (exact) mass is 249 g/mol. The summed E-state index contributed by atoms with van der Waals surface area (Å²) in [5, 5.41) is 12.2.